The molecule has 1 aromatic carbocycles. The lowest BCUT2D eigenvalue weighted by atomic mass is 10.2. The van der Waals surface area contributed by atoms with E-state index in [1.54, 1.807) is 4.90 Å². The van der Waals surface area contributed by atoms with Crippen molar-refractivity contribution in [3.63, 3.8) is 0 Å². The van der Waals surface area contributed by atoms with Gasteiger partial charge < -0.3 is 15.4 Å². The van der Waals surface area contributed by atoms with E-state index in [2.05, 4.69) is 6.92 Å². The van der Waals surface area contributed by atoms with Crippen molar-refractivity contribution in [2.24, 2.45) is 0 Å². The molecular formula is C14H21N3O2. The first kappa shape index (κ1) is 13.7. The predicted molar refractivity (Wildman–Crippen MR) is 76.3 cm³/mol. The minimum atomic E-state index is 0.0120. The van der Waals surface area contributed by atoms with Gasteiger partial charge in [0.15, 0.2) is 0 Å². The monoisotopic (exact) mass is 263 g/mol. The molecule has 1 heterocycles. The fourth-order valence-electron chi connectivity index (χ4n) is 2.17. The molecule has 0 saturated carbocycles. The van der Waals surface area contributed by atoms with Crippen LogP contribution in [-0.2, 0) is 4.74 Å². The maximum absolute atomic E-state index is 12.3. The molecule has 1 saturated heterocycles. The average molecular weight is 263 g/mol. The molecule has 0 bridgehead atoms. The number of amides is 2. The van der Waals surface area contributed by atoms with Gasteiger partial charge in [-0.25, -0.2) is 4.79 Å². The van der Waals surface area contributed by atoms with Gasteiger partial charge in [0.1, 0.15) is 0 Å². The third-order valence-electron chi connectivity index (χ3n) is 3.18. The number of nitrogen functional groups attached to an aromatic ring is 1. The fourth-order valence-corrected chi connectivity index (χ4v) is 2.17. The van der Waals surface area contributed by atoms with Crippen LogP contribution in [0.2, 0.25) is 0 Å². The molecule has 1 aliphatic heterocycles. The second kappa shape index (κ2) is 6.43. The van der Waals surface area contributed by atoms with Crippen LogP contribution in [0.3, 0.4) is 0 Å². The number of carbonyl (C=O) groups is 1. The number of urea groups is 1. The van der Waals surface area contributed by atoms with Gasteiger partial charge in [0, 0.05) is 26.2 Å². The van der Waals surface area contributed by atoms with Crippen molar-refractivity contribution >= 4 is 17.4 Å². The van der Waals surface area contributed by atoms with Crippen molar-refractivity contribution in [3.05, 3.63) is 24.3 Å². The highest BCUT2D eigenvalue weighted by Gasteiger charge is 2.29. The molecule has 19 heavy (non-hydrogen) atoms. The molecule has 1 fully saturated rings. The van der Waals surface area contributed by atoms with Crippen LogP contribution in [-0.4, -0.2) is 43.8 Å². The third kappa shape index (κ3) is 3.17. The first-order valence-electron chi connectivity index (χ1n) is 6.72. The van der Waals surface area contributed by atoms with Crippen LogP contribution >= 0.6 is 0 Å². The van der Waals surface area contributed by atoms with E-state index >= 15 is 0 Å². The molecule has 5 heteroatoms. The Morgan fingerprint density at radius 2 is 2.05 bits per heavy atom. The number of hydrogen-bond donors (Lipinski definition) is 1. The summed E-state index contributed by atoms with van der Waals surface area (Å²) < 4.78 is 5.42. The highest BCUT2D eigenvalue weighted by Crippen LogP contribution is 2.25. The number of carbonyl (C=O) groups excluding carboxylic acids is 1. The van der Waals surface area contributed by atoms with E-state index in [9.17, 15) is 4.79 Å². The highest BCUT2D eigenvalue weighted by molar-refractivity contribution is 5.97. The second-order valence-corrected chi connectivity index (χ2v) is 4.59. The van der Waals surface area contributed by atoms with Gasteiger partial charge in [-0.05, 0) is 18.6 Å². The van der Waals surface area contributed by atoms with E-state index in [1.165, 1.54) is 0 Å². The summed E-state index contributed by atoms with van der Waals surface area (Å²) in [6, 6.07) is 7.47. The summed E-state index contributed by atoms with van der Waals surface area (Å²) in [4.78, 5) is 15.8. The maximum Gasteiger partial charge on any atom is 0.324 e. The zero-order valence-corrected chi connectivity index (χ0v) is 11.3. The van der Waals surface area contributed by atoms with E-state index in [4.69, 9.17) is 10.5 Å². The standard InChI is InChI=1S/C14H21N3O2/c1-2-10-19-11-9-16-7-8-17(14(16)18)13-6-4-3-5-12(13)15/h3-6H,2,7-11,15H2,1H3. The van der Waals surface area contributed by atoms with E-state index in [0.717, 1.165) is 25.3 Å². The Bertz CT molecular complexity index is 436. The summed E-state index contributed by atoms with van der Waals surface area (Å²) in [5.41, 5.74) is 7.35. The van der Waals surface area contributed by atoms with Crippen molar-refractivity contribution in [2.45, 2.75) is 13.3 Å². The summed E-state index contributed by atoms with van der Waals surface area (Å²) in [5.74, 6) is 0. The number of ether oxygens (including phenoxy) is 1. The normalized spacial score (nSPS) is 15.3. The van der Waals surface area contributed by atoms with E-state index < -0.39 is 0 Å². The molecule has 0 spiro atoms. The number of benzene rings is 1. The van der Waals surface area contributed by atoms with E-state index in [0.29, 0.717) is 25.4 Å². The highest BCUT2D eigenvalue weighted by atomic mass is 16.5. The number of nitrogens with zero attached hydrogens (tertiary/aromatic N) is 2. The Kier molecular flexibility index (Phi) is 4.63. The molecule has 0 atom stereocenters. The summed E-state index contributed by atoms with van der Waals surface area (Å²) in [5, 5.41) is 0. The molecule has 1 aliphatic rings. The quantitative estimate of drug-likeness (QED) is 0.630. The summed E-state index contributed by atoms with van der Waals surface area (Å²) in [7, 11) is 0. The van der Waals surface area contributed by atoms with Crippen LogP contribution in [0.4, 0.5) is 16.2 Å². The van der Waals surface area contributed by atoms with Gasteiger partial charge in [-0.3, -0.25) is 4.90 Å². The van der Waals surface area contributed by atoms with Gasteiger partial charge in [-0.1, -0.05) is 19.1 Å². The van der Waals surface area contributed by atoms with E-state index in [1.807, 2.05) is 29.2 Å². The zero-order valence-electron chi connectivity index (χ0n) is 11.3. The smallest absolute Gasteiger partial charge is 0.324 e. The number of nitrogens with two attached hydrogens (primary N) is 1. The summed E-state index contributed by atoms with van der Waals surface area (Å²) in [6.45, 7) is 5.46. The SMILES string of the molecule is CCCOCCN1CCN(c2ccccc2N)C1=O. The maximum atomic E-state index is 12.3. The van der Waals surface area contributed by atoms with Gasteiger partial charge in [0.05, 0.1) is 18.0 Å². The van der Waals surface area contributed by atoms with Gasteiger partial charge in [0.25, 0.3) is 0 Å². The topological polar surface area (TPSA) is 58.8 Å². The van der Waals surface area contributed by atoms with Gasteiger partial charge in [0.2, 0.25) is 0 Å². The molecule has 1 aromatic rings. The van der Waals surface area contributed by atoms with Gasteiger partial charge >= 0.3 is 6.03 Å². The number of anilines is 2. The average Bonchev–Trinajstić information content (AvgIpc) is 2.77. The lowest BCUT2D eigenvalue weighted by Gasteiger charge is -2.19. The van der Waals surface area contributed by atoms with Crippen molar-refractivity contribution < 1.29 is 9.53 Å². The number of hydrogen-bond acceptors (Lipinski definition) is 3. The number of para-hydroxylation sites is 2. The minimum Gasteiger partial charge on any atom is -0.397 e. The first-order chi connectivity index (χ1) is 9.24. The van der Waals surface area contributed by atoms with Crippen LogP contribution in [0.1, 0.15) is 13.3 Å². The predicted octanol–water partition coefficient (Wildman–Crippen LogP) is 1.94. The Morgan fingerprint density at radius 3 is 2.79 bits per heavy atom. The molecule has 2 amide bonds. The summed E-state index contributed by atoms with van der Waals surface area (Å²) in [6.07, 6.45) is 1.00. The lowest BCUT2D eigenvalue weighted by molar-refractivity contribution is 0.116. The molecule has 0 aliphatic carbocycles. The Morgan fingerprint density at radius 1 is 1.26 bits per heavy atom. The van der Waals surface area contributed by atoms with Crippen LogP contribution in [0.25, 0.3) is 0 Å². The molecule has 5 nitrogen and oxygen atoms in total. The molecular weight excluding hydrogens is 242 g/mol. The van der Waals surface area contributed by atoms with Crippen molar-refractivity contribution in [1.29, 1.82) is 0 Å². The third-order valence-corrected chi connectivity index (χ3v) is 3.18. The Hall–Kier alpha value is -1.75. The molecule has 104 valence electrons. The summed E-state index contributed by atoms with van der Waals surface area (Å²) >= 11 is 0. The van der Waals surface area contributed by atoms with Gasteiger partial charge in [-0.15, -0.1) is 0 Å². The van der Waals surface area contributed by atoms with E-state index in [-0.39, 0.29) is 6.03 Å². The zero-order chi connectivity index (χ0) is 13.7. The van der Waals surface area contributed by atoms with Crippen molar-refractivity contribution in [1.82, 2.24) is 4.90 Å². The second-order valence-electron chi connectivity index (χ2n) is 4.59. The Balaban J connectivity index is 1.93. The lowest BCUT2D eigenvalue weighted by Crippen LogP contribution is -2.34. The van der Waals surface area contributed by atoms with Crippen LogP contribution < -0.4 is 10.6 Å². The van der Waals surface area contributed by atoms with Crippen LogP contribution in [0.5, 0.6) is 0 Å². The van der Waals surface area contributed by atoms with Crippen molar-refractivity contribution in [2.75, 3.05) is 43.5 Å². The van der Waals surface area contributed by atoms with Gasteiger partial charge in [-0.2, -0.15) is 0 Å². The van der Waals surface area contributed by atoms with Crippen LogP contribution in [0.15, 0.2) is 24.3 Å². The molecule has 0 radical (unpaired) electrons. The minimum absolute atomic E-state index is 0.0120. The Labute approximate surface area is 113 Å². The largest absolute Gasteiger partial charge is 0.397 e. The number of rotatable bonds is 6. The fraction of sp³-hybridized carbons (Fsp3) is 0.500. The van der Waals surface area contributed by atoms with Crippen molar-refractivity contribution in [3.8, 4) is 0 Å². The molecule has 2 rings (SSSR count). The van der Waals surface area contributed by atoms with Crippen LogP contribution in [0, 0.1) is 0 Å². The molecule has 0 unspecified atom stereocenters. The molecule has 0 aromatic heterocycles. The first-order valence-corrected chi connectivity index (χ1v) is 6.72. The molecule has 2 N–H and O–H groups in total.